The van der Waals surface area contributed by atoms with Crippen LogP contribution >= 0.6 is 0 Å². The first-order valence-corrected chi connectivity index (χ1v) is 7.94. The summed E-state index contributed by atoms with van der Waals surface area (Å²) >= 11 is 0. The highest BCUT2D eigenvalue weighted by molar-refractivity contribution is 7.89. The quantitative estimate of drug-likeness (QED) is 0.776. The molecule has 2 N–H and O–H groups in total. The molecule has 0 heterocycles. The van der Waals surface area contributed by atoms with Crippen molar-refractivity contribution in [2.24, 2.45) is 0 Å². The fourth-order valence-corrected chi connectivity index (χ4v) is 3.00. The van der Waals surface area contributed by atoms with E-state index in [9.17, 15) is 13.2 Å². The highest BCUT2D eigenvalue weighted by atomic mass is 32.2. The molecule has 0 amide bonds. The fraction of sp³-hybridized carbons (Fsp3) is 0.462. The van der Waals surface area contributed by atoms with Gasteiger partial charge in [-0.3, -0.25) is 9.63 Å². The van der Waals surface area contributed by atoms with Crippen LogP contribution in [-0.2, 0) is 26.1 Å². The number of carboxylic acids is 1. The van der Waals surface area contributed by atoms with Crippen LogP contribution in [0.5, 0.6) is 0 Å². The van der Waals surface area contributed by atoms with Crippen molar-refractivity contribution in [3.05, 3.63) is 29.8 Å². The number of hydrogen-bond donors (Lipinski definition) is 2. The molecule has 1 saturated carbocycles. The number of carbonyl (C=O) groups is 1. The lowest BCUT2D eigenvalue weighted by atomic mass is 10.2. The van der Waals surface area contributed by atoms with Crippen LogP contribution in [0.3, 0.4) is 0 Å². The van der Waals surface area contributed by atoms with E-state index in [0.717, 1.165) is 25.7 Å². The average Bonchev–Trinajstić information content (AvgIpc) is 2.89. The number of hydrogen-bond acceptors (Lipinski definition) is 4. The second kappa shape index (κ2) is 6.34. The van der Waals surface area contributed by atoms with Gasteiger partial charge in [0.05, 0.1) is 17.4 Å². The van der Waals surface area contributed by atoms with Gasteiger partial charge in [0.25, 0.3) is 10.0 Å². The van der Waals surface area contributed by atoms with E-state index in [1.165, 1.54) is 24.3 Å². The molecule has 6 nitrogen and oxygen atoms in total. The summed E-state index contributed by atoms with van der Waals surface area (Å²) in [5, 5.41) is 8.65. The van der Waals surface area contributed by atoms with Gasteiger partial charge in [-0.2, -0.15) is 0 Å². The number of carboxylic acid groups (broad SMARTS) is 1. The predicted molar refractivity (Wildman–Crippen MR) is 71.4 cm³/mol. The summed E-state index contributed by atoms with van der Waals surface area (Å²) in [6, 6.07) is 5.72. The summed E-state index contributed by atoms with van der Waals surface area (Å²) in [6.07, 6.45) is 3.63. The fourth-order valence-electron chi connectivity index (χ4n) is 2.15. The molecular formula is C13H17NO5S. The Kier molecular flexibility index (Phi) is 4.74. The summed E-state index contributed by atoms with van der Waals surface area (Å²) in [5.41, 5.74) is 0.549. The lowest BCUT2D eigenvalue weighted by Crippen LogP contribution is -2.28. The molecule has 0 spiro atoms. The van der Waals surface area contributed by atoms with E-state index in [2.05, 4.69) is 4.89 Å². The Bertz CT molecular complexity index is 561. The Morgan fingerprint density at radius 2 is 1.85 bits per heavy atom. The first-order chi connectivity index (χ1) is 9.47. The van der Waals surface area contributed by atoms with Crippen LogP contribution in [0.15, 0.2) is 29.2 Å². The van der Waals surface area contributed by atoms with E-state index in [-0.39, 0.29) is 17.4 Å². The van der Waals surface area contributed by atoms with Crippen LogP contribution < -0.4 is 4.89 Å². The summed E-state index contributed by atoms with van der Waals surface area (Å²) in [5.74, 6) is -0.955. The summed E-state index contributed by atoms with van der Waals surface area (Å²) in [4.78, 5) is 17.9. The minimum absolute atomic E-state index is 0.0592. The van der Waals surface area contributed by atoms with Gasteiger partial charge in [-0.25, -0.2) is 8.42 Å². The predicted octanol–water partition coefficient (Wildman–Crippen LogP) is 1.47. The molecule has 0 radical (unpaired) electrons. The van der Waals surface area contributed by atoms with Crippen molar-refractivity contribution in [3.63, 3.8) is 0 Å². The summed E-state index contributed by atoms with van der Waals surface area (Å²) in [6.45, 7) is 0. The molecule has 1 aliphatic rings. The van der Waals surface area contributed by atoms with Crippen molar-refractivity contribution in [1.82, 2.24) is 4.89 Å². The van der Waals surface area contributed by atoms with Crippen molar-refractivity contribution in [2.75, 3.05) is 0 Å². The van der Waals surface area contributed by atoms with Gasteiger partial charge in [-0.1, -0.05) is 29.9 Å². The third-order valence-corrected chi connectivity index (χ3v) is 4.42. The topological polar surface area (TPSA) is 92.7 Å². The largest absolute Gasteiger partial charge is 0.481 e. The number of rotatable bonds is 6. The second-order valence-electron chi connectivity index (χ2n) is 4.83. The van der Waals surface area contributed by atoms with Gasteiger partial charge in [-0.15, -0.1) is 0 Å². The van der Waals surface area contributed by atoms with Crippen LogP contribution in [0.25, 0.3) is 0 Å². The highest BCUT2D eigenvalue weighted by Crippen LogP contribution is 2.20. The third-order valence-electron chi connectivity index (χ3n) is 3.22. The summed E-state index contributed by atoms with van der Waals surface area (Å²) < 4.78 is 23.9. The zero-order valence-corrected chi connectivity index (χ0v) is 11.7. The van der Waals surface area contributed by atoms with Gasteiger partial charge >= 0.3 is 5.97 Å². The lowest BCUT2D eigenvalue weighted by Gasteiger charge is -2.12. The molecular weight excluding hydrogens is 282 g/mol. The van der Waals surface area contributed by atoms with Crippen molar-refractivity contribution in [2.45, 2.75) is 43.1 Å². The average molecular weight is 299 g/mol. The first kappa shape index (κ1) is 15.0. The molecule has 0 bridgehead atoms. The minimum Gasteiger partial charge on any atom is -0.481 e. The molecule has 0 aliphatic heterocycles. The smallest absolute Gasteiger partial charge is 0.307 e. The first-order valence-electron chi connectivity index (χ1n) is 6.45. The maximum absolute atomic E-state index is 12.0. The summed E-state index contributed by atoms with van der Waals surface area (Å²) in [7, 11) is -3.71. The monoisotopic (exact) mass is 299 g/mol. The van der Waals surface area contributed by atoms with Gasteiger partial charge in [0, 0.05) is 0 Å². The zero-order valence-electron chi connectivity index (χ0n) is 10.9. The molecule has 20 heavy (non-hydrogen) atoms. The van der Waals surface area contributed by atoms with E-state index in [0.29, 0.717) is 5.56 Å². The van der Waals surface area contributed by atoms with Crippen molar-refractivity contribution >= 4 is 16.0 Å². The van der Waals surface area contributed by atoms with Gasteiger partial charge < -0.3 is 5.11 Å². The lowest BCUT2D eigenvalue weighted by molar-refractivity contribution is -0.136. The normalized spacial score (nSPS) is 16.4. The molecule has 2 rings (SSSR count). The standard InChI is InChI=1S/C13H17NO5S/c15-13(16)9-10-5-7-12(8-6-10)20(17,18)14-19-11-3-1-2-4-11/h5-8,11,14H,1-4,9H2,(H,15,16). The molecule has 1 aliphatic carbocycles. The van der Waals surface area contributed by atoms with E-state index >= 15 is 0 Å². The zero-order chi connectivity index (χ0) is 14.6. The van der Waals surface area contributed by atoms with E-state index in [4.69, 9.17) is 9.94 Å². The third kappa shape index (κ3) is 4.03. The molecule has 1 aromatic carbocycles. The van der Waals surface area contributed by atoms with E-state index in [1.54, 1.807) is 0 Å². The Balaban J connectivity index is 1.99. The van der Waals surface area contributed by atoms with Crippen molar-refractivity contribution in [1.29, 1.82) is 0 Å². The van der Waals surface area contributed by atoms with Crippen LogP contribution in [0, 0.1) is 0 Å². The highest BCUT2D eigenvalue weighted by Gasteiger charge is 2.20. The maximum Gasteiger partial charge on any atom is 0.307 e. The number of benzene rings is 1. The van der Waals surface area contributed by atoms with Crippen molar-refractivity contribution in [3.8, 4) is 0 Å². The van der Waals surface area contributed by atoms with Crippen LogP contribution in [0.1, 0.15) is 31.2 Å². The number of sulfonamides is 1. The minimum atomic E-state index is -3.71. The van der Waals surface area contributed by atoms with Gasteiger partial charge in [0.15, 0.2) is 0 Å². The van der Waals surface area contributed by atoms with Gasteiger partial charge in [0.2, 0.25) is 0 Å². The van der Waals surface area contributed by atoms with E-state index < -0.39 is 16.0 Å². The van der Waals surface area contributed by atoms with Crippen LogP contribution in [0.2, 0.25) is 0 Å². The SMILES string of the molecule is O=C(O)Cc1ccc(S(=O)(=O)NOC2CCCC2)cc1. The molecule has 1 fully saturated rings. The molecule has 1 aromatic rings. The molecule has 0 unspecified atom stereocenters. The molecule has 7 heteroatoms. The second-order valence-corrected chi connectivity index (χ2v) is 6.47. The molecule has 0 atom stereocenters. The Hall–Kier alpha value is -1.44. The molecule has 0 aromatic heterocycles. The Labute approximate surface area is 117 Å². The van der Waals surface area contributed by atoms with Crippen LogP contribution in [0.4, 0.5) is 0 Å². The Morgan fingerprint density at radius 3 is 2.40 bits per heavy atom. The maximum atomic E-state index is 12.0. The van der Waals surface area contributed by atoms with Gasteiger partial charge in [-0.05, 0) is 30.5 Å². The molecule has 0 saturated heterocycles. The molecule has 110 valence electrons. The van der Waals surface area contributed by atoms with E-state index in [1.807, 2.05) is 0 Å². The Morgan fingerprint density at radius 1 is 1.25 bits per heavy atom. The number of nitrogens with one attached hydrogen (secondary N) is 1. The van der Waals surface area contributed by atoms with Gasteiger partial charge in [0.1, 0.15) is 0 Å². The van der Waals surface area contributed by atoms with Crippen molar-refractivity contribution < 1.29 is 23.2 Å². The van der Waals surface area contributed by atoms with Crippen LogP contribution in [-0.4, -0.2) is 25.6 Å². The number of aliphatic carboxylic acids is 1.